The summed E-state index contributed by atoms with van der Waals surface area (Å²) in [5.41, 5.74) is 0. The molecule has 1 N–H and O–H groups in total. The molecule has 0 atom stereocenters. The summed E-state index contributed by atoms with van der Waals surface area (Å²) in [5, 5.41) is 7.42. The van der Waals surface area contributed by atoms with Crippen molar-refractivity contribution in [1.29, 1.82) is 0 Å². The molecule has 0 aromatic rings. The minimum absolute atomic E-state index is 0. The summed E-state index contributed by atoms with van der Waals surface area (Å²) in [6.07, 6.45) is 0. The van der Waals surface area contributed by atoms with Gasteiger partial charge in [0.2, 0.25) is 0 Å². The number of carbonyl (C=O) groups is 1. The van der Waals surface area contributed by atoms with E-state index >= 15 is 0 Å². The number of aliphatic carboxylic acids is 1. The van der Waals surface area contributed by atoms with Crippen molar-refractivity contribution in [3.63, 3.8) is 0 Å². The van der Waals surface area contributed by atoms with Gasteiger partial charge < -0.3 is 5.11 Å². The Morgan fingerprint density at radius 1 is 1.43 bits per heavy atom. The summed E-state index contributed by atoms with van der Waals surface area (Å²) >= 11 is 0. The first kappa shape index (κ1) is 23.2. The van der Waals surface area contributed by atoms with Crippen LogP contribution in [0.4, 0.5) is 0 Å². The van der Waals surface area contributed by atoms with Crippen LogP contribution >= 0.6 is 13.5 Å². The molecule has 36 valence electrons. The number of hydrogen-bond donors (Lipinski definition) is 1. The van der Waals surface area contributed by atoms with Gasteiger partial charge in [0.25, 0.3) is 5.97 Å². The molecule has 0 heterocycles. The summed E-state index contributed by atoms with van der Waals surface area (Å²) in [4.78, 5) is 9.00. The van der Waals surface area contributed by atoms with E-state index in [1.807, 2.05) is 0 Å². The third-order valence-electron chi connectivity index (χ3n) is 0. The zero-order chi connectivity index (χ0) is 3.58. The summed E-state index contributed by atoms with van der Waals surface area (Å²) in [6.45, 7) is 1.08. The number of carboxylic acids is 1. The van der Waals surface area contributed by atoms with E-state index in [2.05, 4.69) is 0 Å². The first-order valence-electron chi connectivity index (χ1n) is 0.928. The van der Waals surface area contributed by atoms with E-state index in [-0.39, 0.29) is 72.6 Å². The van der Waals surface area contributed by atoms with Crippen molar-refractivity contribution in [3.05, 3.63) is 0 Å². The van der Waals surface area contributed by atoms with Gasteiger partial charge in [-0.1, -0.05) is 0 Å². The van der Waals surface area contributed by atoms with Gasteiger partial charge in [-0.15, -0.1) is 0 Å². The predicted octanol–water partition coefficient (Wildman–Crippen LogP) is -1.09. The molecule has 0 aromatic heterocycles. The molecule has 7 heavy (non-hydrogen) atoms. The van der Waals surface area contributed by atoms with Crippen molar-refractivity contribution < 1.29 is 9.90 Å². The van der Waals surface area contributed by atoms with Gasteiger partial charge in [-0.2, -0.15) is 13.5 Å². The summed E-state index contributed by atoms with van der Waals surface area (Å²) in [7, 11) is 0. The van der Waals surface area contributed by atoms with Crippen LogP contribution in [-0.4, -0.2) is 70.2 Å². The van der Waals surface area contributed by atoms with E-state index in [1.54, 1.807) is 0 Å². The van der Waals surface area contributed by atoms with Gasteiger partial charge in [-0.05, 0) is 0 Å². The van der Waals surface area contributed by atoms with Crippen LogP contribution in [0.1, 0.15) is 6.92 Å². The number of hydrogen-bond acceptors (Lipinski definition) is 1. The average molecular weight is 142 g/mol. The zero-order valence-electron chi connectivity index (χ0n) is 2.86. The molecule has 0 saturated heterocycles. The van der Waals surface area contributed by atoms with E-state index in [9.17, 15) is 0 Å². The van der Waals surface area contributed by atoms with Crippen molar-refractivity contribution in [2.75, 3.05) is 0 Å². The van der Waals surface area contributed by atoms with Gasteiger partial charge in [-0.25, -0.2) is 0 Å². The molecular formula is C2H8Na2O2S. The number of rotatable bonds is 0. The van der Waals surface area contributed by atoms with E-state index < -0.39 is 5.97 Å². The molecule has 0 radical (unpaired) electrons. The molecule has 0 aliphatic carbocycles. The van der Waals surface area contributed by atoms with E-state index in [0.29, 0.717) is 0 Å². The minimum atomic E-state index is -0.833. The Kier molecular flexibility index (Phi) is 51.9. The van der Waals surface area contributed by atoms with E-state index in [0.717, 1.165) is 6.92 Å². The standard InChI is InChI=1S/C2H4O2.2Na.H2S.2H/c1-2(3)4;;;;;/h1H3,(H,3,4);;;1H2;;. The monoisotopic (exact) mass is 142 g/mol. The third-order valence-corrected chi connectivity index (χ3v) is 0. The van der Waals surface area contributed by atoms with Gasteiger partial charge in [-0.3, -0.25) is 4.79 Å². The zero-order valence-corrected chi connectivity index (χ0v) is 3.86. The Balaban J connectivity index is -0.0000000150. The second-order valence-electron chi connectivity index (χ2n) is 0.519. The molecule has 0 aliphatic rings. The maximum atomic E-state index is 9.00. The van der Waals surface area contributed by atoms with Crippen LogP contribution in [0.2, 0.25) is 0 Å². The summed E-state index contributed by atoms with van der Waals surface area (Å²) < 4.78 is 0. The fraction of sp³-hybridized carbons (Fsp3) is 0.500. The Hall–Kier alpha value is 1.82. The molecule has 0 amide bonds. The normalized spacial score (nSPS) is 3.57. The van der Waals surface area contributed by atoms with Gasteiger partial charge >= 0.3 is 59.1 Å². The van der Waals surface area contributed by atoms with Crippen molar-refractivity contribution in [2.45, 2.75) is 6.92 Å². The molecule has 0 spiro atoms. The molecule has 0 aromatic carbocycles. The van der Waals surface area contributed by atoms with Crippen LogP contribution in [-0.2, 0) is 4.79 Å². The molecular weight excluding hydrogens is 134 g/mol. The molecule has 0 bridgehead atoms. The van der Waals surface area contributed by atoms with Gasteiger partial charge in [0.1, 0.15) is 0 Å². The van der Waals surface area contributed by atoms with E-state index in [1.165, 1.54) is 0 Å². The quantitative estimate of drug-likeness (QED) is 0.436. The van der Waals surface area contributed by atoms with Crippen molar-refractivity contribution in [3.8, 4) is 0 Å². The van der Waals surface area contributed by atoms with Gasteiger partial charge in [0.15, 0.2) is 0 Å². The Labute approximate surface area is 94.1 Å². The van der Waals surface area contributed by atoms with Crippen LogP contribution in [0.3, 0.4) is 0 Å². The Morgan fingerprint density at radius 2 is 1.43 bits per heavy atom. The maximum absolute atomic E-state index is 9.00. The average Bonchev–Trinajstić information content (AvgIpc) is 0.811. The third kappa shape index (κ3) is 80.0. The second-order valence-corrected chi connectivity index (χ2v) is 0.519. The molecule has 0 unspecified atom stereocenters. The molecule has 5 heteroatoms. The van der Waals surface area contributed by atoms with Crippen LogP contribution in [0.5, 0.6) is 0 Å². The second kappa shape index (κ2) is 15.7. The fourth-order valence-corrected chi connectivity index (χ4v) is 0. The Morgan fingerprint density at radius 3 is 1.43 bits per heavy atom. The first-order valence-corrected chi connectivity index (χ1v) is 0.928. The van der Waals surface area contributed by atoms with Gasteiger partial charge in [0.05, 0.1) is 0 Å². The van der Waals surface area contributed by atoms with Crippen molar-refractivity contribution in [2.24, 2.45) is 0 Å². The van der Waals surface area contributed by atoms with Crippen LogP contribution < -0.4 is 0 Å². The fourth-order valence-electron chi connectivity index (χ4n) is 0. The molecule has 0 aliphatic heterocycles. The molecule has 2 nitrogen and oxygen atoms in total. The first-order chi connectivity index (χ1) is 1.73. The number of carboxylic acid groups (broad SMARTS) is 1. The van der Waals surface area contributed by atoms with Crippen LogP contribution in [0.15, 0.2) is 0 Å². The SMILES string of the molecule is CC(=O)O.S.[NaH].[NaH]. The molecule has 0 saturated carbocycles. The van der Waals surface area contributed by atoms with Crippen LogP contribution in [0, 0.1) is 0 Å². The van der Waals surface area contributed by atoms with Crippen LogP contribution in [0.25, 0.3) is 0 Å². The van der Waals surface area contributed by atoms with Gasteiger partial charge in [0, 0.05) is 6.92 Å². The molecule has 0 fully saturated rings. The summed E-state index contributed by atoms with van der Waals surface area (Å²) in [6, 6.07) is 0. The summed E-state index contributed by atoms with van der Waals surface area (Å²) in [5.74, 6) is -0.833. The van der Waals surface area contributed by atoms with Crippen molar-refractivity contribution in [1.82, 2.24) is 0 Å². The Bertz CT molecular complexity index is 36.7. The van der Waals surface area contributed by atoms with E-state index in [4.69, 9.17) is 9.90 Å². The van der Waals surface area contributed by atoms with Crippen molar-refractivity contribution >= 4 is 78.6 Å². The molecule has 0 rings (SSSR count). The predicted molar refractivity (Wildman–Crippen MR) is 38.0 cm³/mol. The topological polar surface area (TPSA) is 37.3 Å².